The number of carbonyl (C=O) groups is 2. The summed E-state index contributed by atoms with van der Waals surface area (Å²) < 4.78 is 12.1. The first-order valence-electron chi connectivity index (χ1n) is 12.0. The van der Waals surface area contributed by atoms with Gasteiger partial charge in [0.05, 0.1) is 31.4 Å². The van der Waals surface area contributed by atoms with Crippen LogP contribution in [0.15, 0.2) is 52.5 Å². The number of rotatable bonds is 8. The van der Waals surface area contributed by atoms with Crippen molar-refractivity contribution in [1.82, 2.24) is 9.80 Å². The van der Waals surface area contributed by atoms with Crippen LogP contribution in [0.4, 0.5) is 0 Å². The Morgan fingerprint density at radius 1 is 1.11 bits per heavy atom. The second-order valence-corrected chi connectivity index (χ2v) is 9.74. The van der Waals surface area contributed by atoms with Gasteiger partial charge in [0.2, 0.25) is 0 Å². The Labute approximate surface area is 214 Å². The molecule has 2 aliphatic heterocycles. The fraction of sp³-hybridized carbons (Fsp3) is 0.407. The zero-order chi connectivity index (χ0) is 24.9. The summed E-state index contributed by atoms with van der Waals surface area (Å²) in [6.45, 7) is 8.45. The maximum absolute atomic E-state index is 13.2. The molecule has 0 aromatic heterocycles. The van der Waals surface area contributed by atoms with Gasteiger partial charge in [-0.1, -0.05) is 35.0 Å². The van der Waals surface area contributed by atoms with Crippen molar-refractivity contribution in [2.24, 2.45) is 0 Å². The molecule has 0 radical (unpaired) electrons. The smallest absolute Gasteiger partial charge is 0.295 e. The molecule has 0 spiro atoms. The number of likely N-dealkylation sites (tertiary alicyclic amines) is 1. The Morgan fingerprint density at radius 2 is 1.83 bits per heavy atom. The normalized spacial score (nSPS) is 20.4. The van der Waals surface area contributed by atoms with Gasteiger partial charge in [0.15, 0.2) is 0 Å². The van der Waals surface area contributed by atoms with Gasteiger partial charge >= 0.3 is 0 Å². The summed E-state index contributed by atoms with van der Waals surface area (Å²) in [5.41, 5.74) is 2.22. The standard InChI is InChI=1S/C27H31BrN2O5/c1-3-14-35-22-9-6-20(17-18(22)2)25(31)23-24(19-4-7-21(28)8-5-19)30(27(33)26(23)32)11-10-29-12-15-34-16-13-29/h4-9,17,24,31H,3,10-16H2,1-2H3/b25-23+. The first-order chi connectivity index (χ1) is 16.9. The molecule has 1 N–H and O–H groups in total. The SMILES string of the molecule is CCCOc1ccc(/C(O)=C2\C(=O)C(=O)N(CCN3CCOCC3)C2c2ccc(Br)cc2)cc1C. The van der Waals surface area contributed by atoms with Crippen molar-refractivity contribution in [2.75, 3.05) is 46.0 Å². The molecule has 2 fully saturated rings. The molecule has 35 heavy (non-hydrogen) atoms. The van der Waals surface area contributed by atoms with E-state index in [9.17, 15) is 14.7 Å². The van der Waals surface area contributed by atoms with E-state index in [0.29, 0.717) is 38.5 Å². The van der Waals surface area contributed by atoms with E-state index in [1.165, 1.54) is 0 Å². The molecule has 1 amide bonds. The molecule has 2 aliphatic rings. The highest BCUT2D eigenvalue weighted by atomic mass is 79.9. The third-order valence-corrected chi connectivity index (χ3v) is 6.93. The number of aliphatic hydroxyl groups excluding tert-OH is 1. The number of morpholine rings is 1. The monoisotopic (exact) mass is 542 g/mol. The first-order valence-corrected chi connectivity index (χ1v) is 12.8. The molecule has 0 bridgehead atoms. The lowest BCUT2D eigenvalue weighted by atomic mass is 9.95. The number of carbonyl (C=O) groups excluding carboxylic acids is 2. The third kappa shape index (κ3) is 5.60. The van der Waals surface area contributed by atoms with Gasteiger partial charge in [0.25, 0.3) is 11.7 Å². The van der Waals surface area contributed by atoms with Crippen LogP contribution in [0.25, 0.3) is 5.76 Å². The third-order valence-electron chi connectivity index (χ3n) is 6.40. The summed E-state index contributed by atoms with van der Waals surface area (Å²) in [6, 6.07) is 12.2. The zero-order valence-electron chi connectivity index (χ0n) is 20.1. The lowest BCUT2D eigenvalue weighted by Crippen LogP contribution is -2.42. The fourth-order valence-electron chi connectivity index (χ4n) is 4.50. The van der Waals surface area contributed by atoms with Gasteiger partial charge in [-0.3, -0.25) is 14.5 Å². The van der Waals surface area contributed by atoms with E-state index in [2.05, 4.69) is 20.8 Å². The minimum atomic E-state index is -0.666. The van der Waals surface area contributed by atoms with E-state index >= 15 is 0 Å². The van der Waals surface area contributed by atoms with Crippen molar-refractivity contribution in [2.45, 2.75) is 26.3 Å². The molecule has 2 saturated heterocycles. The molecule has 2 aromatic rings. The number of aliphatic hydroxyl groups is 1. The van der Waals surface area contributed by atoms with Gasteiger partial charge in [-0.2, -0.15) is 0 Å². The number of ketones is 1. The number of aryl methyl sites for hydroxylation is 1. The molecule has 4 rings (SSSR count). The van der Waals surface area contributed by atoms with E-state index in [-0.39, 0.29) is 11.3 Å². The molecule has 1 atom stereocenters. The average Bonchev–Trinajstić information content (AvgIpc) is 3.12. The van der Waals surface area contributed by atoms with E-state index in [4.69, 9.17) is 9.47 Å². The number of ether oxygens (including phenoxy) is 2. The number of benzene rings is 2. The predicted octanol–water partition coefficient (Wildman–Crippen LogP) is 4.30. The summed E-state index contributed by atoms with van der Waals surface area (Å²) in [5.74, 6) is -0.692. The molecule has 0 saturated carbocycles. The van der Waals surface area contributed by atoms with E-state index in [1.54, 1.807) is 23.1 Å². The predicted molar refractivity (Wildman–Crippen MR) is 137 cm³/mol. The number of halogens is 1. The largest absolute Gasteiger partial charge is 0.507 e. The average molecular weight is 543 g/mol. The van der Waals surface area contributed by atoms with Crippen molar-refractivity contribution in [3.63, 3.8) is 0 Å². The quantitative estimate of drug-likeness (QED) is 0.304. The van der Waals surface area contributed by atoms with Gasteiger partial charge in [0.1, 0.15) is 11.5 Å². The Kier molecular flexibility index (Phi) is 8.26. The van der Waals surface area contributed by atoms with Crippen molar-refractivity contribution in [3.05, 3.63) is 69.2 Å². The molecular weight excluding hydrogens is 512 g/mol. The van der Waals surface area contributed by atoms with Gasteiger partial charge in [-0.15, -0.1) is 0 Å². The second kappa shape index (κ2) is 11.4. The molecule has 186 valence electrons. The summed E-state index contributed by atoms with van der Waals surface area (Å²) in [7, 11) is 0. The van der Waals surface area contributed by atoms with Gasteiger partial charge in [-0.25, -0.2) is 0 Å². The van der Waals surface area contributed by atoms with Crippen LogP contribution in [0.3, 0.4) is 0 Å². The summed E-state index contributed by atoms with van der Waals surface area (Å²) in [6.07, 6.45) is 0.891. The van der Waals surface area contributed by atoms with Crippen LogP contribution in [0, 0.1) is 6.92 Å². The number of nitrogens with zero attached hydrogens (tertiary/aromatic N) is 2. The van der Waals surface area contributed by atoms with Gasteiger partial charge < -0.3 is 19.5 Å². The lowest BCUT2D eigenvalue weighted by molar-refractivity contribution is -0.140. The Balaban J connectivity index is 1.71. The van der Waals surface area contributed by atoms with Crippen LogP contribution in [0.1, 0.15) is 36.1 Å². The van der Waals surface area contributed by atoms with Crippen LogP contribution < -0.4 is 4.74 Å². The van der Waals surface area contributed by atoms with Crippen molar-refractivity contribution >= 4 is 33.4 Å². The molecule has 2 heterocycles. The summed E-state index contributed by atoms with van der Waals surface area (Å²) in [5, 5.41) is 11.3. The van der Waals surface area contributed by atoms with E-state index < -0.39 is 17.7 Å². The van der Waals surface area contributed by atoms with Gasteiger partial charge in [0, 0.05) is 36.2 Å². The maximum Gasteiger partial charge on any atom is 0.295 e. The lowest BCUT2D eigenvalue weighted by Gasteiger charge is -2.31. The fourth-order valence-corrected chi connectivity index (χ4v) is 4.77. The number of Topliss-reactive ketones (excluding diaryl/α,β-unsaturated/α-hetero) is 1. The number of hydrogen-bond acceptors (Lipinski definition) is 6. The van der Waals surface area contributed by atoms with Crippen LogP contribution in [-0.4, -0.2) is 72.6 Å². The van der Waals surface area contributed by atoms with Crippen molar-refractivity contribution < 1.29 is 24.2 Å². The highest BCUT2D eigenvalue weighted by molar-refractivity contribution is 9.10. The Morgan fingerprint density at radius 3 is 2.49 bits per heavy atom. The van der Waals surface area contributed by atoms with Crippen LogP contribution >= 0.6 is 15.9 Å². The molecular formula is C27H31BrN2O5. The minimum Gasteiger partial charge on any atom is -0.507 e. The minimum absolute atomic E-state index is 0.112. The Bertz CT molecular complexity index is 1110. The number of hydrogen-bond donors (Lipinski definition) is 1. The maximum atomic E-state index is 13.2. The van der Waals surface area contributed by atoms with Crippen LogP contribution in [0.5, 0.6) is 5.75 Å². The van der Waals surface area contributed by atoms with E-state index in [0.717, 1.165) is 40.9 Å². The topological polar surface area (TPSA) is 79.3 Å². The van der Waals surface area contributed by atoms with Crippen LogP contribution in [-0.2, 0) is 14.3 Å². The molecule has 0 aliphatic carbocycles. The van der Waals surface area contributed by atoms with Gasteiger partial charge in [-0.05, 0) is 54.8 Å². The van der Waals surface area contributed by atoms with Crippen molar-refractivity contribution in [1.29, 1.82) is 0 Å². The number of amides is 1. The second-order valence-electron chi connectivity index (χ2n) is 8.83. The summed E-state index contributed by atoms with van der Waals surface area (Å²) >= 11 is 3.45. The zero-order valence-corrected chi connectivity index (χ0v) is 21.7. The molecule has 1 unspecified atom stereocenters. The Hall–Kier alpha value is -2.68. The highest BCUT2D eigenvalue weighted by Gasteiger charge is 2.46. The molecule has 2 aromatic carbocycles. The highest BCUT2D eigenvalue weighted by Crippen LogP contribution is 2.40. The van der Waals surface area contributed by atoms with Crippen molar-refractivity contribution in [3.8, 4) is 5.75 Å². The molecule has 8 heteroatoms. The first kappa shape index (κ1) is 25.4. The summed E-state index contributed by atoms with van der Waals surface area (Å²) in [4.78, 5) is 30.2. The molecule has 7 nitrogen and oxygen atoms in total. The van der Waals surface area contributed by atoms with Crippen LogP contribution in [0.2, 0.25) is 0 Å². The van der Waals surface area contributed by atoms with E-state index in [1.807, 2.05) is 38.1 Å².